The summed E-state index contributed by atoms with van der Waals surface area (Å²) in [5.74, 6) is -1.81. The summed E-state index contributed by atoms with van der Waals surface area (Å²) in [4.78, 5) is 10.0. The van der Waals surface area contributed by atoms with Crippen molar-refractivity contribution in [2.75, 3.05) is 16.6 Å². The Morgan fingerprint density at radius 1 is 1.32 bits per heavy atom. The fraction of sp³-hybridized carbons (Fsp3) is 0.364. The molecule has 1 rings (SSSR count). The molecule has 0 aliphatic rings. The number of methoxy groups -OCH3 is 1. The van der Waals surface area contributed by atoms with Crippen LogP contribution in [0.2, 0.25) is 0 Å². The van der Waals surface area contributed by atoms with E-state index in [0.717, 1.165) is 10.8 Å². The van der Waals surface area contributed by atoms with Crippen LogP contribution in [0.4, 0.5) is 5.69 Å². The average Bonchev–Trinajstić information content (AvgIpc) is 2.44. The minimum absolute atomic E-state index is 0.232. The molecule has 0 fully saturated rings. The van der Waals surface area contributed by atoms with Crippen LogP contribution in [0.3, 0.4) is 0 Å². The number of anilines is 1. The topological polar surface area (TPSA) is 63.7 Å². The van der Waals surface area contributed by atoms with Gasteiger partial charge in [-0.2, -0.15) is 0 Å². The lowest BCUT2D eigenvalue weighted by atomic mass is 10.3. The standard InChI is InChI=1S/C11H11Cl4NO4S2/c1-20-9(17)7-22(18,19)16(8-5-3-2-4-6-8)21-11(14,15)10(12)13/h2-6,10H,7H2,1H3. The molecule has 0 saturated carbocycles. The fourth-order valence-corrected chi connectivity index (χ4v) is 4.60. The number of ether oxygens (including phenoxy) is 1. The van der Waals surface area contributed by atoms with E-state index in [1.54, 1.807) is 18.2 Å². The minimum atomic E-state index is -4.12. The van der Waals surface area contributed by atoms with E-state index in [1.807, 2.05) is 0 Å². The molecule has 1 aromatic rings. The van der Waals surface area contributed by atoms with Crippen LogP contribution < -0.4 is 3.71 Å². The van der Waals surface area contributed by atoms with E-state index in [0.29, 0.717) is 11.9 Å². The summed E-state index contributed by atoms with van der Waals surface area (Å²) in [6.07, 6.45) is 0. The first kappa shape index (κ1) is 20.0. The van der Waals surface area contributed by atoms with Crippen LogP contribution in [0.25, 0.3) is 0 Å². The van der Waals surface area contributed by atoms with Crippen LogP contribution in [0.1, 0.15) is 0 Å². The van der Waals surface area contributed by atoms with Gasteiger partial charge in [-0.3, -0.25) is 4.79 Å². The summed E-state index contributed by atoms with van der Waals surface area (Å²) in [5.41, 5.74) is 0.232. The zero-order valence-corrected chi connectivity index (χ0v) is 15.7. The lowest BCUT2D eigenvalue weighted by molar-refractivity contribution is -0.137. The van der Waals surface area contributed by atoms with Crippen LogP contribution in [0.15, 0.2) is 30.3 Å². The van der Waals surface area contributed by atoms with Gasteiger partial charge < -0.3 is 4.74 Å². The van der Waals surface area contributed by atoms with Crippen molar-refractivity contribution in [3.63, 3.8) is 0 Å². The molecule has 0 amide bonds. The minimum Gasteiger partial charge on any atom is -0.468 e. The van der Waals surface area contributed by atoms with Gasteiger partial charge in [0.25, 0.3) is 10.0 Å². The van der Waals surface area contributed by atoms with Crippen molar-refractivity contribution in [1.29, 1.82) is 0 Å². The third kappa shape index (κ3) is 5.54. The smallest absolute Gasteiger partial charge is 0.322 e. The second-order valence-corrected chi connectivity index (χ2v) is 10.0. The van der Waals surface area contributed by atoms with Crippen LogP contribution in [0, 0.1) is 0 Å². The molecular formula is C11H11Cl4NO4S2. The highest BCUT2D eigenvalue weighted by Gasteiger charge is 2.40. The first-order valence-electron chi connectivity index (χ1n) is 5.60. The maximum absolute atomic E-state index is 12.4. The van der Waals surface area contributed by atoms with Gasteiger partial charge in [-0.05, 0) is 12.1 Å². The molecule has 0 saturated heterocycles. The van der Waals surface area contributed by atoms with Crippen molar-refractivity contribution in [2.24, 2.45) is 0 Å². The molecule has 0 N–H and O–H groups in total. The Morgan fingerprint density at radius 3 is 2.32 bits per heavy atom. The molecule has 0 atom stereocenters. The highest BCUT2D eigenvalue weighted by Crippen LogP contribution is 2.46. The zero-order valence-electron chi connectivity index (χ0n) is 11.1. The number of carbonyl (C=O) groups excluding carboxylic acids is 1. The zero-order chi connectivity index (χ0) is 17.0. The SMILES string of the molecule is COC(=O)CS(=O)(=O)N(SC(Cl)(Cl)C(Cl)Cl)c1ccccc1. The third-order valence-electron chi connectivity index (χ3n) is 2.21. The van der Waals surface area contributed by atoms with Gasteiger partial charge in [0.1, 0.15) is 0 Å². The summed E-state index contributed by atoms with van der Waals surface area (Å²) >= 11 is 23.6. The number of nitrogens with zero attached hydrogens (tertiary/aromatic N) is 1. The molecule has 0 heterocycles. The van der Waals surface area contributed by atoms with Crippen molar-refractivity contribution in [1.82, 2.24) is 0 Å². The van der Waals surface area contributed by atoms with E-state index in [1.165, 1.54) is 12.1 Å². The number of halogens is 4. The summed E-state index contributed by atoms with van der Waals surface area (Å²) in [7, 11) is -3.04. The van der Waals surface area contributed by atoms with Crippen molar-refractivity contribution in [2.45, 2.75) is 8.50 Å². The molecule has 11 heteroatoms. The lowest BCUT2D eigenvalue weighted by Crippen LogP contribution is -2.35. The number of rotatable bonds is 7. The summed E-state index contributed by atoms with van der Waals surface area (Å²) < 4.78 is 28.1. The third-order valence-corrected chi connectivity index (χ3v) is 7.49. The van der Waals surface area contributed by atoms with Gasteiger partial charge >= 0.3 is 5.97 Å². The lowest BCUT2D eigenvalue weighted by Gasteiger charge is -2.29. The largest absolute Gasteiger partial charge is 0.468 e. The maximum atomic E-state index is 12.4. The van der Waals surface area contributed by atoms with Gasteiger partial charge in [0.05, 0.1) is 12.8 Å². The number of carbonyl (C=O) groups is 1. The second-order valence-electron chi connectivity index (χ2n) is 3.85. The van der Waals surface area contributed by atoms with E-state index in [9.17, 15) is 13.2 Å². The Kier molecular flexibility index (Phi) is 7.42. The van der Waals surface area contributed by atoms with E-state index < -0.39 is 30.2 Å². The van der Waals surface area contributed by atoms with Crippen LogP contribution >= 0.6 is 58.4 Å². The molecule has 0 aliphatic heterocycles. The van der Waals surface area contributed by atoms with Crippen LogP contribution in [0.5, 0.6) is 0 Å². The number of para-hydroxylation sites is 1. The van der Waals surface area contributed by atoms with Gasteiger partial charge in [-0.15, -0.1) is 23.2 Å². The quantitative estimate of drug-likeness (QED) is 0.378. The Labute approximate surface area is 153 Å². The summed E-state index contributed by atoms with van der Waals surface area (Å²) in [6, 6.07) is 7.92. The van der Waals surface area contributed by atoms with E-state index in [2.05, 4.69) is 4.74 Å². The van der Waals surface area contributed by atoms with Crippen molar-refractivity contribution >= 4 is 80.0 Å². The molecule has 1 aromatic carbocycles. The first-order chi connectivity index (χ1) is 10.1. The predicted molar refractivity (Wildman–Crippen MR) is 92.2 cm³/mol. The highest BCUT2D eigenvalue weighted by molar-refractivity contribution is 8.17. The molecule has 124 valence electrons. The van der Waals surface area contributed by atoms with E-state index in [-0.39, 0.29) is 5.69 Å². The second kappa shape index (κ2) is 8.17. The van der Waals surface area contributed by atoms with E-state index in [4.69, 9.17) is 46.4 Å². The van der Waals surface area contributed by atoms with Crippen molar-refractivity contribution < 1.29 is 17.9 Å². The molecule has 5 nitrogen and oxygen atoms in total. The Morgan fingerprint density at radius 2 is 1.86 bits per heavy atom. The van der Waals surface area contributed by atoms with Gasteiger partial charge in [0.2, 0.25) is 3.67 Å². The summed E-state index contributed by atoms with van der Waals surface area (Å²) in [5, 5.41) is 0. The number of hydrogen-bond donors (Lipinski definition) is 0. The van der Waals surface area contributed by atoms with Crippen LogP contribution in [-0.4, -0.2) is 35.8 Å². The number of esters is 1. The highest BCUT2D eigenvalue weighted by atomic mass is 35.5. The summed E-state index contributed by atoms with van der Waals surface area (Å²) in [6.45, 7) is 0. The van der Waals surface area contributed by atoms with Crippen molar-refractivity contribution in [3.05, 3.63) is 30.3 Å². The van der Waals surface area contributed by atoms with Gasteiger partial charge in [-0.1, -0.05) is 41.4 Å². The van der Waals surface area contributed by atoms with E-state index >= 15 is 0 Å². The number of hydrogen-bond acceptors (Lipinski definition) is 5. The van der Waals surface area contributed by atoms with Crippen molar-refractivity contribution in [3.8, 4) is 0 Å². The Hall–Kier alpha value is -0.0500. The normalized spacial score (nSPS) is 12.3. The number of benzene rings is 1. The van der Waals surface area contributed by atoms with Gasteiger partial charge in [0, 0.05) is 11.9 Å². The molecule has 0 radical (unpaired) electrons. The Balaban J connectivity index is 3.21. The first-order valence-corrected chi connectivity index (χ1v) is 9.61. The van der Waals surface area contributed by atoms with Crippen LogP contribution in [-0.2, 0) is 19.6 Å². The predicted octanol–water partition coefficient (Wildman–Crippen LogP) is 3.58. The van der Waals surface area contributed by atoms with Gasteiger partial charge in [0.15, 0.2) is 10.6 Å². The molecule has 0 bridgehead atoms. The molecule has 0 aliphatic carbocycles. The number of sulfonamides is 1. The average molecular weight is 427 g/mol. The molecule has 0 unspecified atom stereocenters. The monoisotopic (exact) mass is 425 g/mol. The molecule has 0 aromatic heterocycles. The van der Waals surface area contributed by atoms with Gasteiger partial charge in [-0.25, -0.2) is 12.1 Å². The fourth-order valence-electron chi connectivity index (χ4n) is 1.24. The molecule has 0 spiro atoms. The molecular weight excluding hydrogens is 416 g/mol. The number of alkyl halides is 4. The molecule has 22 heavy (non-hydrogen) atoms. The Bertz CT molecular complexity index is 610. The maximum Gasteiger partial charge on any atom is 0.322 e.